The summed E-state index contributed by atoms with van der Waals surface area (Å²) in [5.41, 5.74) is 5.33. The lowest BCUT2D eigenvalue weighted by molar-refractivity contribution is 0.625. The molecule has 0 saturated heterocycles. The number of hydrogen-bond donors (Lipinski definition) is 1. The van der Waals surface area contributed by atoms with Gasteiger partial charge in [0.1, 0.15) is 5.82 Å². The number of alkyl halides is 3. The van der Waals surface area contributed by atoms with E-state index in [1.807, 2.05) is 12.3 Å². The molecule has 2 aromatic carbocycles. The Kier molecular flexibility index (Phi) is 4.98. The van der Waals surface area contributed by atoms with Crippen LogP contribution in [0.5, 0.6) is 0 Å². The van der Waals surface area contributed by atoms with Gasteiger partial charge in [-0.15, -0.1) is 0 Å². The number of aliphatic imine (C=N–C) groups is 1. The van der Waals surface area contributed by atoms with Crippen molar-refractivity contribution in [2.75, 3.05) is 0 Å². The van der Waals surface area contributed by atoms with Crippen LogP contribution in [0.2, 0.25) is 5.02 Å². The maximum Gasteiger partial charge on any atom is 0.196 e. The van der Waals surface area contributed by atoms with Crippen molar-refractivity contribution in [2.45, 2.75) is 16.8 Å². The predicted molar refractivity (Wildman–Crippen MR) is 111 cm³/mol. The van der Waals surface area contributed by atoms with Crippen molar-refractivity contribution in [1.29, 1.82) is 0 Å². The molecule has 1 N–H and O–H groups in total. The molecule has 0 unspecified atom stereocenters. The SMILES string of the molecule is Fc1ccccc1C1=NCc2c(c[nH]c2CC(Cl)(Cl)Cl)-c2ccc(Cl)cc21. The fraction of sp³-hybridized carbons (Fsp3) is 0.150. The molecule has 0 bridgehead atoms. The van der Waals surface area contributed by atoms with E-state index in [-0.39, 0.29) is 12.2 Å². The Morgan fingerprint density at radius 2 is 1.78 bits per heavy atom. The second-order valence-corrected chi connectivity index (χ2v) is 9.24. The molecule has 138 valence electrons. The Labute approximate surface area is 175 Å². The third-order valence-electron chi connectivity index (χ3n) is 4.51. The highest BCUT2D eigenvalue weighted by Crippen LogP contribution is 2.39. The summed E-state index contributed by atoms with van der Waals surface area (Å²) in [6, 6.07) is 12.1. The fourth-order valence-electron chi connectivity index (χ4n) is 3.35. The van der Waals surface area contributed by atoms with Crippen molar-refractivity contribution < 1.29 is 4.39 Å². The molecule has 1 aliphatic heterocycles. The zero-order chi connectivity index (χ0) is 19.2. The summed E-state index contributed by atoms with van der Waals surface area (Å²) in [4.78, 5) is 7.90. The van der Waals surface area contributed by atoms with E-state index in [1.165, 1.54) is 6.07 Å². The number of H-pyrrole nitrogens is 1. The van der Waals surface area contributed by atoms with Gasteiger partial charge in [0.25, 0.3) is 0 Å². The minimum atomic E-state index is -1.42. The molecule has 2 heterocycles. The summed E-state index contributed by atoms with van der Waals surface area (Å²) in [7, 11) is 0. The van der Waals surface area contributed by atoms with E-state index in [0.717, 1.165) is 27.9 Å². The third kappa shape index (κ3) is 3.74. The largest absolute Gasteiger partial charge is 0.364 e. The summed E-state index contributed by atoms with van der Waals surface area (Å²) in [5.74, 6) is -0.336. The van der Waals surface area contributed by atoms with Crippen LogP contribution >= 0.6 is 46.4 Å². The number of fused-ring (bicyclic) bond motifs is 3. The lowest BCUT2D eigenvalue weighted by Gasteiger charge is -2.11. The molecule has 1 aliphatic rings. The van der Waals surface area contributed by atoms with Crippen LogP contribution < -0.4 is 0 Å². The Morgan fingerprint density at radius 1 is 1.00 bits per heavy atom. The smallest absolute Gasteiger partial charge is 0.196 e. The highest BCUT2D eigenvalue weighted by Gasteiger charge is 2.27. The van der Waals surface area contributed by atoms with E-state index in [4.69, 9.17) is 51.4 Å². The lowest BCUT2D eigenvalue weighted by Crippen LogP contribution is -2.09. The van der Waals surface area contributed by atoms with Crippen LogP contribution in [0, 0.1) is 5.82 Å². The molecular weight excluding hydrogens is 429 g/mol. The summed E-state index contributed by atoms with van der Waals surface area (Å²) in [6.45, 7) is 0.338. The van der Waals surface area contributed by atoms with Crippen LogP contribution in [-0.4, -0.2) is 14.5 Å². The minimum absolute atomic E-state index is 0.223. The number of benzene rings is 2. The Balaban J connectivity index is 1.93. The zero-order valence-corrected chi connectivity index (χ0v) is 16.9. The van der Waals surface area contributed by atoms with Crippen molar-refractivity contribution >= 4 is 52.1 Å². The van der Waals surface area contributed by atoms with Crippen molar-refractivity contribution in [3.8, 4) is 11.1 Å². The molecule has 0 fully saturated rings. The van der Waals surface area contributed by atoms with E-state index in [2.05, 4.69) is 4.98 Å². The molecule has 0 amide bonds. The summed E-state index contributed by atoms with van der Waals surface area (Å²) >= 11 is 24.2. The molecule has 0 aliphatic carbocycles. The molecule has 1 aromatic heterocycles. The monoisotopic (exact) mass is 440 g/mol. The molecule has 0 atom stereocenters. The summed E-state index contributed by atoms with van der Waals surface area (Å²) < 4.78 is 13.1. The third-order valence-corrected chi connectivity index (χ3v) is 5.14. The van der Waals surface area contributed by atoms with Crippen LogP contribution in [-0.2, 0) is 13.0 Å². The van der Waals surface area contributed by atoms with Gasteiger partial charge < -0.3 is 4.98 Å². The molecule has 2 nitrogen and oxygen atoms in total. The summed E-state index contributed by atoms with van der Waals surface area (Å²) in [6.07, 6.45) is 2.09. The molecule has 27 heavy (non-hydrogen) atoms. The van der Waals surface area contributed by atoms with Crippen LogP contribution in [0.25, 0.3) is 11.1 Å². The second kappa shape index (κ2) is 7.14. The van der Waals surface area contributed by atoms with Gasteiger partial charge >= 0.3 is 0 Å². The lowest BCUT2D eigenvalue weighted by atomic mass is 9.93. The average molecular weight is 442 g/mol. The van der Waals surface area contributed by atoms with Crippen molar-refractivity contribution in [3.63, 3.8) is 0 Å². The molecule has 4 rings (SSSR count). The molecule has 7 heteroatoms. The van der Waals surface area contributed by atoms with Gasteiger partial charge in [0.15, 0.2) is 3.79 Å². The van der Waals surface area contributed by atoms with Crippen LogP contribution in [0.4, 0.5) is 4.39 Å². The first-order valence-corrected chi connectivity index (χ1v) is 9.70. The molecule has 0 saturated carbocycles. The number of rotatable bonds is 2. The first-order chi connectivity index (χ1) is 12.8. The first kappa shape index (κ1) is 18.8. The second-order valence-electron chi connectivity index (χ2n) is 6.29. The Hall–Kier alpha value is -1.52. The van der Waals surface area contributed by atoms with E-state index >= 15 is 0 Å². The number of hydrogen-bond acceptors (Lipinski definition) is 1. The number of nitrogens with one attached hydrogen (secondary N) is 1. The number of aromatic nitrogens is 1. The maximum atomic E-state index is 14.5. The normalized spacial score (nSPS) is 13.6. The Bertz CT molecular complexity index is 1050. The van der Waals surface area contributed by atoms with E-state index in [9.17, 15) is 4.39 Å². The topological polar surface area (TPSA) is 28.1 Å². The van der Waals surface area contributed by atoms with Crippen molar-refractivity contribution in [2.24, 2.45) is 4.99 Å². The number of aromatic amines is 1. The van der Waals surface area contributed by atoms with Crippen LogP contribution in [0.3, 0.4) is 0 Å². The van der Waals surface area contributed by atoms with Gasteiger partial charge in [-0.3, -0.25) is 4.99 Å². The predicted octanol–water partition coefficient (Wildman–Crippen LogP) is 6.74. The minimum Gasteiger partial charge on any atom is -0.364 e. The van der Waals surface area contributed by atoms with Crippen LogP contribution in [0.1, 0.15) is 22.4 Å². The highest BCUT2D eigenvalue weighted by molar-refractivity contribution is 6.67. The van der Waals surface area contributed by atoms with Crippen LogP contribution in [0.15, 0.2) is 53.7 Å². The number of halogens is 5. The zero-order valence-electron chi connectivity index (χ0n) is 13.9. The van der Waals surface area contributed by atoms with Gasteiger partial charge in [-0.05, 0) is 29.8 Å². The molecule has 0 spiro atoms. The molecular formula is C20H13Cl4FN2. The van der Waals surface area contributed by atoms with E-state index in [0.29, 0.717) is 22.8 Å². The molecule has 3 aromatic rings. The maximum absolute atomic E-state index is 14.5. The standard InChI is InChI=1S/C20H13Cl4FN2/c21-11-5-6-12-14(7-11)19(13-3-1-2-4-17(13)25)27-10-16-15(12)9-26-18(16)8-20(22,23)24/h1-7,9,26H,8,10H2. The van der Waals surface area contributed by atoms with Crippen molar-refractivity contribution in [1.82, 2.24) is 4.98 Å². The van der Waals surface area contributed by atoms with Gasteiger partial charge in [-0.1, -0.05) is 64.6 Å². The summed E-state index contributed by atoms with van der Waals surface area (Å²) in [5, 5.41) is 0.554. The van der Waals surface area contributed by atoms with Crippen molar-refractivity contribution in [3.05, 3.63) is 81.9 Å². The van der Waals surface area contributed by atoms with Gasteiger partial charge in [-0.25, -0.2) is 4.39 Å². The van der Waals surface area contributed by atoms with E-state index in [1.54, 1.807) is 30.3 Å². The quantitative estimate of drug-likeness (QED) is 0.426. The average Bonchev–Trinajstić information content (AvgIpc) is 2.90. The van der Waals surface area contributed by atoms with Gasteiger partial charge in [0.2, 0.25) is 0 Å². The van der Waals surface area contributed by atoms with Gasteiger partial charge in [0.05, 0.1) is 12.3 Å². The van der Waals surface area contributed by atoms with Gasteiger partial charge in [0, 0.05) is 45.6 Å². The first-order valence-electron chi connectivity index (χ1n) is 8.19. The highest BCUT2D eigenvalue weighted by atomic mass is 35.6. The van der Waals surface area contributed by atoms with Gasteiger partial charge in [-0.2, -0.15) is 0 Å². The Morgan fingerprint density at radius 3 is 2.52 bits per heavy atom. The molecule has 0 radical (unpaired) electrons. The van der Waals surface area contributed by atoms with E-state index < -0.39 is 3.79 Å². The fourth-order valence-corrected chi connectivity index (χ4v) is 3.92. The number of nitrogens with zero attached hydrogens (tertiary/aromatic N) is 1.